The number of fused-ring (bicyclic) bond motifs is 1. The second-order valence-electron chi connectivity index (χ2n) is 5.36. The van der Waals surface area contributed by atoms with Crippen molar-refractivity contribution in [1.82, 2.24) is 9.55 Å². The Morgan fingerprint density at radius 1 is 1.32 bits per heavy atom. The van der Waals surface area contributed by atoms with Crippen molar-refractivity contribution in [2.24, 2.45) is 5.92 Å². The molecule has 104 valence electrons. The number of nitrogens with zero attached hydrogens (tertiary/aromatic N) is 2. The zero-order valence-electron chi connectivity index (χ0n) is 12.0. The molecule has 19 heavy (non-hydrogen) atoms. The maximum atomic E-state index is 5.98. The molecular weight excluding hydrogens is 238 g/mol. The number of para-hydroxylation sites is 1. The molecule has 0 aliphatic rings. The van der Waals surface area contributed by atoms with Crippen LogP contribution in [0.4, 0.5) is 5.95 Å². The molecule has 0 saturated heterocycles. The van der Waals surface area contributed by atoms with Crippen molar-refractivity contribution in [1.29, 1.82) is 0 Å². The van der Waals surface area contributed by atoms with Gasteiger partial charge in [0.15, 0.2) is 0 Å². The number of imidazole rings is 1. The molecule has 1 aromatic heterocycles. The van der Waals surface area contributed by atoms with Crippen molar-refractivity contribution in [3.05, 3.63) is 23.8 Å². The Balaban J connectivity index is 2.01. The van der Waals surface area contributed by atoms with Gasteiger partial charge in [0.2, 0.25) is 5.95 Å². The van der Waals surface area contributed by atoms with Crippen LogP contribution in [-0.2, 0) is 11.3 Å². The highest BCUT2D eigenvalue weighted by Crippen LogP contribution is 2.20. The Hall–Kier alpha value is -1.55. The molecule has 0 bridgehead atoms. The third-order valence-electron chi connectivity index (χ3n) is 3.31. The summed E-state index contributed by atoms with van der Waals surface area (Å²) in [4.78, 5) is 4.42. The molecule has 0 amide bonds. The molecule has 0 fully saturated rings. The molecule has 2 rings (SSSR count). The highest BCUT2D eigenvalue weighted by molar-refractivity contribution is 5.81. The average Bonchev–Trinajstić information content (AvgIpc) is 2.67. The van der Waals surface area contributed by atoms with E-state index in [1.54, 1.807) is 0 Å². The van der Waals surface area contributed by atoms with Crippen LogP contribution in [0.25, 0.3) is 11.0 Å². The Labute approximate surface area is 114 Å². The summed E-state index contributed by atoms with van der Waals surface area (Å²) in [6.07, 6.45) is 1.10. The van der Waals surface area contributed by atoms with Gasteiger partial charge in [-0.1, -0.05) is 26.0 Å². The third-order valence-corrected chi connectivity index (χ3v) is 3.31. The van der Waals surface area contributed by atoms with Gasteiger partial charge in [-0.25, -0.2) is 4.98 Å². The largest absolute Gasteiger partial charge is 0.380 e. The second kappa shape index (κ2) is 6.06. The Kier molecular flexibility index (Phi) is 4.43. The first kappa shape index (κ1) is 13.9. The third kappa shape index (κ3) is 3.26. The van der Waals surface area contributed by atoms with Gasteiger partial charge in [-0.05, 0) is 30.9 Å². The Morgan fingerprint density at radius 2 is 2.11 bits per heavy atom. The second-order valence-corrected chi connectivity index (χ2v) is 5.36. The van der Waals surface area contributed by atoms with Gasteiger partial charge in [-0.15, -0.1) is 0 Å². The lowest BCUT2D eigenvalue weighted by Gasteiger charge is -2.09. The molecule has 0 radical (unpaired) electrons. The minimum absolute atomic E-state index is 0.566. The summed E-state index contributed by atoms with van der Waals surface area (Å²) in [6.45, 7) is 8.70. The number of nitrogens with two attached hydrogens (primary N) is 1. The molecule has 4 nitrogen and oxygen atoms in total. The SMILES string of the molecule is Cc1cccc2c1nc(N)n2CCOCCC(C)C. The van der Waals surface area contributed by atoms with E-state index in [4.69, 9.17) is 10.5 Å². The van der Waals surface area contributed by atoms with Gasteiger partial charge < -0.3 is 15.0 Å². The van der Waals surface area contributed by atoms with E-state index in [1.807, 2.05) is 10.6 Å². The lowest BCUT2D eigenvalue weighted by Crippen LogP contribution is -2.10. The number of anilines is 1. The number of rotatable bonds is 6. The molecular formula is C15H23N3O. The van der Waals surface area contributed by atoms with Gasteiger partial charge >= 0.3 is 0 Å². The van der Waals surface area contributed by atoms with Crippen LogP contribution in [0.2, 0.25) is 0 Å². The van der Waals surface area contributed by atoms with Crippen molar-refractivity contribution in [3.63, 3.8) is 0 Å². The van der Waals surface area contributed by atoms with Gasteiger partial charge in [0.05, 0.1) is 17.6 Å². The van der Waals surface area contributed by atoms with Crippen LogP contribution in [0.3, 0.4) is 0 Å². The summed E-state index contributed by atoms with van der Waals surface area (Å²) in [5.74, 6) is 1.25. The summed E-state index contributed by atoms with van der Waals surface area (Å²) in [5, 5.41) is 0. The van der Waals surface area contributed by atoms with Crippen LogP contribution in [0.5, 0.6) is 0 Å². The van der Waals surface area contributed by atoms with E-state index in [0.717, 1.165) is 36.2 Å². The smallest absolute Gasteiger partial charge is 0.201 e. The lowest BCUT2D eigenvalue weighted by atomic mass is 10.1. The number of ether oxygens (including phenoxy) is 1. The topological polar surface area (TPSA) is 53.1 Å². The van der Waals surface area contributed by atoms with E-state index in [0.29, 0.717) is 18.5 Å². The first-order chi connectivity index (χ1) is 9.09. The summed E-state index contributed by atoms with van der Waals surface area (Å²) in [7, 11) is 0. The van der Waals surface area contributed by atoms with E-state index in [9.17, 15) is 0 Å². The lowest BCUT2D eigenvalue weighted by molar-refractivity contribution is 0.117. The summed E-state index contributed by atoms with van der Waals surface area (Å²) >= 11 is 0. The van der Waals surface area contributed by atoms with Crippen molar-refractivity contribution in [2.75, 3.05) is 18.9 Å². The molecule has 1 aromatic carbocycles. The molecule has 0 atom stereocenters. The van der Waals surface area contributed by atoms with Crippen LogP contribution in [0.15, 0.2) is 18.2 Å². The normalized spacial score (nSPS) is 11.6. The van der Waals surface area contributed by atoms with Gasteiger partial charge in [0.25, 0.3) is 0 Å². The molecule has 0 spiro atoms. The summed E-state index contributed by atoms with van der Waals surface area (Å²) in [6, 6.07) is 6.15. The van der Waals surface area contributed by atoms with E-state index < -0.39 is 0 Å². The maximum Gasteiger partial charge on any atom is 0.201 e. The zero-order chi connectivity index (χ0) is 13.8. The van der Waals surface area contributed by atoms with Gasteiger partial charge in [0, 0.05) is 13.2 Å². The number of aryl methyl sites for hydroxylation is 1. The minimum Gasteiger partial charge on any atom is -0.380 e. The standard InChI is InChI=1S/C15H23N3O/c1-11(2)7-9-19-10-8-18-13-6-4-5-12(3)14(13)17-15(18)16/h4-6,11H,7-10H2,1-3H3,(H2,16,17). The Morgan fingerprint density at radius 3 is 2.84 bits per heavy atom. The molecule has 2 N–H and O–H groups in total. The molecule has 2 aromatic rings. The van der Waals surface area contributed by atoms with Crippen LogP contribution >= 0.6 is 0 Å². The minimum atomic E-state index is 0.566. The van der Waals surface area contributed by atoms with Crippen molar-refractivity contribution < 1.29 is 4.74 Å². The van der Waals surface area contributed by atoms with Gasteiger partial charge in [-0.2, -0.15) is 0 Å². The summed E-state index contributed by atoms with van der Waals surface area (Å²) in [5.41, 5.74) is 9.21. The first-order valence-electron chi connectivity index (χ1n) is 6.88. The van der Waals surface area contributed by atoms with Crippen LogP contribution in [0.1, 0.15) is 25.8 Å². The molecule has 0 aliphatic heterocycles. The van der Waals surface area contributed by atoms with Crippen LogP contribution in [0, 0.1) is 12.8 Å². The number of aromatic nitrogens is 2. The van der Waals surface area contributed by atoms with Crippen molar-refractivity contribution in [2.45, 2.75) is 33.7 Å². The fourth-order valence-corrected chi connectivity index (χ4v) is 2.12. The molecule has 4 heteroatoms. The van der Waals surface area contributed by atoms with Crippen molar-refractivity contribution >= 4 is 17.0 Å². The first-order valence-corrected chi connectivity index (χ1v) is 6.88. The highest BCUT2D eigenvalue weighted by Gasteiger charge is 2.09. The molecule has 1 heterocycles. The van der Waals surface area contributed by atoms with Crippen molar-refractivity contribution in [3.8, 4) is 0 Å². The van der Waals surface area contributed by atoms with E-state index in [2.05, 4.69) is 37.9 Å². The number of nitrogen functional groups attached to an aromatic ring is 1. The number of hydrogen-bond acceptors (Lipinski definition) is 3. The van der Waals surface area contributed by atoms with E-state index >= 15 is 0 Å². The highest BCUT2D eigenvalue weighted by atomic mass is 16.5. The molecule has 0 aliphatic carbocycles. The fraction of sp³-hybridized carbons (Fsp3) is 0.533. The predicted octanol–water partition coefficient (Wildman–Crippen LogP) is 2.99. The van der Waals surface area contributed by atoms with Gasteiger partial charge in [-0.3, -0.25) is 0 Å². The molecule has 0 saturated carbocycles. The van der Waals surface area contributed by atoms with E-state index in [-0.39, 0.29) is 0 Å². The Bertz CT molecular complexity index is 546. The van der Waals surface area contributed by atoms with Gasteiger partial charge in [0.1, 0.15) is 0 Å². The van der Waals surface area contributed by atoms with Crippen LogP contribution < -0.4 is 5.73 Å². The predicted molar refractivity (Wildman–Crippen MR) is 79.2 cm³/mol. The fourth-order valence-electron chi connectivity index (χ4n) is 2.12. The van der Waals surface area contributed by atoms with E-state index in [1.165, 1.54) is 0 Å². The number of hydrogen-bond donors (Lipinski definition) is 1. The average molecular weight is 261 g/mol. The zero-order valence-corrected chi connectivity index (χ0v) is 12.0. The molecule has 0 unspecified atom stereocenters. The summed E-state index contributed by atoms with van der Waals surface area (Å²) < 4.78 is 7.67. The van der Waals surface area contributed by atoms with Crippen LogP contribution in [-0.4, -0.2) is 22.8 Å². The quantitative estimate of drug-likeness (QED) is 0.813. The monoisotopic (exact) mass is 261 g/mol. The maximum absolute atomic E-state index is 5.98. The number of benzene rings is 1.